The van der Waals surface area contributed by atoms with Crippen LogP contribution in [0.2, 0.25) is 0 Å². The summed E-state index contributed by atoms with van der Waals surface area (Å²) in [4.78, 5) is 8.56. The molecule has 6 heteroatoms. The molecule has 0 saturated heterocycles. The van der Waals surface area contributed by atoms with Crippen molar-refractivity contribution in [3.63, 3.8) is 0 Å². The molecular formula is C4H9ClO5. The lowest BCUT2D eigenvalue weighted by Gasteiger charge is -1.95. The number of aliphatic hydroxyl groups is 2. The maximum atomic E-state index is 8.56. The van der Waals surface area contributed by atoms with E-state index in [2.05, 4.69) is 0 Å². The van der Waals surface area contributed by atoms with Crippen LogP contribution < -0.4 is 0 Å². The van der Waals surface area contributed by atoms with Crippen LogP contribution in [0.25, 0.3) is 0 Å². The molecule has 0 rings (SSSR count). The predicted octanol–water partition coefficient (Wildman–Crippen LogP) is -0.199. The summed E-state index contributed by atoms with van der Waals surface area (Å²) in [5.74, 6) is 0.108. The number of hydrogen-bond acceptors (Lipinski definition) is 3. The number of alkyl halides is 1. The van der Waals surface area contributed by atoms with E-state index in [4.69, 9.17) is 36.8 Å². The molecule has 0 fully saturated rings. The Hall–Kier alpha value is -0.520. The maximum absolute atomic E-state index is 8.56. The maximum Gasteiger partial charge on any atom is 0.503 e. The molecule has 0 aliphatic rings. The minimum Gasteiger partial charge on any atom is -0.450 e. The first-order chi connectivity index (χ1) is 4.54. The molecule has 10 heavy (non-hydrogen) atoms. The zero-order chi connectivity index (χ0) is 8.57. The summed E-state index contributed by atoms with van der Waals surface area (Å²) < 4.78 is 0. The van der Waals surface area contributed by atoms with Gasteiger partial charge in [0.05, 0.1) is 18.6 Å². The van der Waals surface area contributed by atoms with Crippen molar-refractivity contribution in [2.24, 2.45) is 0 Å². The van der Waals surface area contributed by atoms with E-state index in [-0.39, 0.29) is 12.5 Å². The van der Waals surface area contributed by atoms with Gasteiger partial charge in [0.1, 0.15) is 0 Å². The highest BCUT2D eigenvalue weighted by molar-refractivity contribution is 6.18. The zero-order valence-corrected chi connectivity index (χ0v) is 5.82. The Bertz CT molecular complexity index is 77.7. The summed E-state index contributed by atoms with van der Waals surface area (Å²) in [6.45, 7) is -0.247. The van der Waals surface area contributed by atoms with Crippen molar-refractivity contribution in [1.82, 2.24) is 0 Å². The summed E-state index contributed by atoms with van der Waals surface area (Å²) in [5, 5.41) is 30.2. The van der Waals surface area contributed by atoms with Crippen molar-refractivity contribution in [2.45, 2.75) is 6.10 Å². The Balaban J connectivity index is 0. The highest BCUT2D eigenvalue weighted by atomic mass is 35.5. The van der Waals surface area contributed by atoms with Crippen molar-refractivity contribution >= 4 is 17.8 Å². The Morgan fingerprint density at radius 3 is 1.80 bits per heavy atom. The lowest BCUT2D eigenvalue weighted by molar-refractivity contribution is 0.112. The molecule has 0 aliphatic carbocycles. The van der Waals surface area contributed by atoms with Crippen LogP contribution in [0.1, 0.15) is 0 Å². The largest absolute Gasteiger partial charge is 0.503 e. The van der Waals surface area contributed by atoms with E-state index in [9.17, 15) is 0 Å². The molecule has 0 amide bonds. The van der Waals surface area contributed by atoms with E-state index in [0.717, 1.165) is 0 Å². The number of rotatable bonds is 2. The fourth-order valence-corrected chi connectivity index (χ4v) is 0.146. The number of carboxylic acid groups (broad SMARTS) is 2. The molecule has 0 radical (unpaired) electrons. The van der Waals surface area contributed by atoms with Crippen molar-refractivity contribution in [3.8, 4) is 0 Å². The molecule has 0 saturated carbocycles. The van der Waals surface area contributed by atoms with Gasteiger partial charge in [-0.3, -0.25) is 0 Å². The smallest absolute Gasteiger partial charge is 0.450 e. The lowest BCUT2D eigenvalue weighted by Crippen LogP contribution is -2.12. The fraction of sp³-hybridized carbons (Fsp3) is 0.750. The van der Waals surface area contributed by atoms with Gasteiger partial charge in [0.25, 0.3) is 0 Å². The van der Waals surface area contributed by atoms with Crippen LogP contribution in [0.3, 0.4) is 0 Å². The van der Waals surface area contributed by atoms with Crippen LogP contribution in [-0.4, -0.2) is 45.2 Å². The van der Waals surface area contributed by atoms with E-state index in [1.54, 1.807) is 0 Å². The van der Waals surface area contributed by atoms with Gasteiger partial charge in [-0.1, -0.05) is 0 Å². The van der Waals surface area contributed by atoms with Crippen molar-refractivity contribution < 1.29 is 25.2 Å². The minimum atomic E-state index is -1.83. The molecule has 1 atom stereocenters. The number of hydrogen-bond donors (Lipinski definition) is 4. The third-order valence-electron chi connectivity index (χ3n) is 0.389. The average molecular weight is 173 g/mol. The topological polar surface area (TPSA) is 98.0 Å². The van der Waals surface area contributed by atoms with Gasteiger partial charge in [-0.25, -0.2) is 4.79 Å². The fourth-order valence-electron chi connectivity index (χ4n) is 0.0488. The van der Waals surface area contributed by atoms with Gasteiger partial charge in [-0.2, -0.15) is 0 Å². The molecule has 0 aliphatic heterocycles. The summed E-state index contributed by atoms with van der Waals surface area (Å²) in [7, 11) is 0. The molecule has 0 heterocycles. The van der Waals surface area contributed by atoms with Gasteiger partial charge in [0.15, 0.2) is 0 Å². The summed E-state index contributed by atoms with van der Waals surface area (Å²) in [5.41, 5.74) is 0. The molecular weight excluding hydrogens is 163 g/mol. The highest BCUT2D eigenvalue weighted by Gasteiger charge is 1.94. The van der Waals surface area contributed by atoms with Crippen LogP contribution >= 0.6 is 11.6 Å². The highest BCUT2D eigenvalue weighted by Crippen LogP contribution is 1.81. The van der Waals surface area contributed by atoms with Crippen LogP contribution in [0.4, 0.5) is 4.79 Å². The van der Waals surface area contributed by atoms with Gasteiger partial charge < -0.3 is 20.4 Å². The SMILES string of the molecule is O=C(O)O.OCC(O)CCl. The molecule has 4 N–H and O–H groups in total. The van der Waals surface area contributed by atoms with Crippen molar-refractivity contribution in [1.29, 1.82) is 0 Å². The first-order valence-corrected chi connectivity index (χ1v) is 2.84. The van der Waals surface area contributed by atoms with Gasteiger partial charge in [-0.15, -0.1) is 11.6 Å². The van der Waals surface area contributed by atoms with Crippen molar-refractivity contribution in [2.75, 3.05) is 12.5 Å². The second-order valence-electron chi connectivity index (χ2n) is 1.27. The molecule has 0 aromatic heterocycles. The van der Waals surface area contributed by atoms with Gasteiger partial charge in [0, 0.05) is 0 Å². The number of aliphatic hydroxyl groups excluding tert-OH is 2. The standard InChI is InChI=1S/C3H7ClO2.CH2O3/c4-1-3(6)2-5;2-1(3)4/h3,5-6H,1-2H2;(H2,2,3,4). The molecule has 0 bridgehead atoms. The monoisotopic (exact) mass is 172 g/mol. The Morgan fingerprint density at radius 1 is 1.50 bits per heavy atom. The molecule has 0 aromatic carbocycles. The summed E-state index contributed by atoms with van der Waals surface area (Å²) in [6.07, 6.45) is -2.58. The van der Waals surface area contributed by atoms with E-state index < -0.39 is 12.3 Å². The Labute approximate surface area is 62.5 Å². The van der Waals surface area contributed by atoms with Crippen molar-refractivity contribution in [3.05, 3.63) is 0 Å². The lowest BCUT2D eigenvalue weighted by atomic mass is 10.5. The van der Waals surface area contributed by atoms with E-state index in [0.29, 0.717) is 0 Å². The third kappa shape index (κ3) is 25.9. The summed E-state index contributed by atoms with van der Waals surface area (Å²) >= 11 is 5.04. The summed E-state index contributed by atoms with van der Waals surface area (Å²) in [6, 6.07) is 0. The predicted molar refractivity (Wildman–Crippen MR) is 34.5 cm³/mol. The minimum absolute atomic E-state index is 0.108. The molecule has 1 unspecified atom stereocenters. The first kappa shape index (κ1) is 12.2. The molecule has 0 spiro atoms. The third-order valence-corrected chi connectivity index (χ3v) is 0.745. The molecule has 62 valence electrons. The number of carbonyl (C=O) groups is 1. The normalized spacial score (nSPS) is 11.1. The van der Waals surface area contributed by atoms with Gasteiger partial charge in [0.2, 0.25) is 0 Å². The van der Waals surface area contributed by atoms with Crippen LogP contribution in [0, 0.1) is 0 Å². The first-order valence-electron chi connectivity index (χ1n) is 2.31. The van der Waals surface area contributed by atoms with Crippen LogP contribution in [0.15, 0.2) is 0 Å². The van der Waals surface area contributed by atoms with Crippen LogP contribution in [-0.2, 0) is 0 Å². The second-order valence-corrected chi connectivity index (χ2v) is 1.58. The number of halogens is 1. The second kappa shape index (κ2) is 8.48. The van der Waals surface area contributed by atoms with Gasteiger partial charge >= 0.3 is 6.16 Å². The quantitative estimate of drug-likeness (QED) is 0.433. The Morgan fingerprint density at radius 2 is 1.80 bits per heavy atom. The molecule has 5 nitrogen and oxygen atoms in total. The van der Waals surface area contributed by atoms with Gasteiger partial charge in [-0.05, 0) is 0 Å². The zero-order valence-electron chi connectivity index (χ0n) is 5.07. The average Bonchev–Trinajstić information content (AvgIpc) is 1.85. The van der Waals surface area contributed by atoms with E-state index in [1.165, 1.54) is 0 Å². The van der Waals surface area contributed by atoms with Crippen LogP contribution in [0.5, 0.6) is 0 Å². The van der Waals surface area contributed by atoms with E-state index >= 15 is 0 Å². The van der Waals surface area contributed by atoms with E-state index in [1.807, 2.05) is 0 Å². The Kier molecular flexibility index (Phi) is 10.3. The molecule has 0 aromatic rings.